The van der Waals surface area contributed by atoms with Crippen LogP contribution in [0.1, 0.15) is 26.6 Å². The first kappa shape index (κ1) is 27.7. The second-order valence-electron chi connectivity index (χ2n) is 9.03. The zero-order valence-electron chi connectivity index (χ0n) is 21.9. The van der Waals surface area contributed by atoms with Gasteiger partial charge in [-0.25, -0.2) is 14.4 Å². The Hall–Kier alpha value is -4.86. The summed E-state index contributed by atoms with van der Waals surface area (Å²) in [6.45, 7) is 0.346. The van der Waals surface area contributed by atoms with Gasteiger partial charge in [0, 0.05) is 43.0 Å². The first-order chi connectivity index (χ1) is 19.8. The number of anilines is 2. The molecule has 0 atom stereocenters. The highest BCUT2D eigenvalue weighted by molar-refractivity contribution is 7.16. The van der Waals surface area contributed by atoms with Crippen molar-refractivity contribution in [3.05, 3.63) is 109 Å². The highest BCUT2D eigenvalue weighted by atomic mass is 35.5. The molecule has 206 valence electrons. The van der Waals surface area contributed by atoms with Gasteiger partial charge in [-0.2, -0.15) is 15.0 Å². The summed E-state index contributed by atoms with van der Waals surface area (Å²) in [5.41, 5.74) is -0.193. The molecule has 0 aliphatic heterocycles. The van der Waals surface area contributed by atoms with Crippen LogP contribution in [-0.2, 0) is 13.1 Å². The fourth-order valence-corrected chi connectivity index (χ4v) is 5.23. The van der Waals surface area contributed by atoms with E-state index in [9.17, 15) is 19.2 Å². The molecule has 0 fully saturated rings. The predicted octanol–water partition coefficient (Wildman–Crippen LogP) is 4.64. The van der Waals surface area contributed by atoms with Crippen molar-refractivity contribution in [2.45, 2.75) is 13.1 Å². The molecule has 13 heteroatoms. The maximum atomic E-state index is 14.6. The number of pyridine rings is 1. The molecule has 0 saturated carbocycles. The van der Waals surface area contributed by atoms with E-state index in [4.69, 9.17) is 11.6 Å². The third-order valence-corrected chi connectivity index (χ3v) is 7.34. The summed E-state index contributed by atoms with van der Waals surface area (Å²) in [5.74, 6) is -0.497. The SMILES string of the molecule is CN(C)c1cc(-c2nn(C(=O)c3ccccc3F)c(NCc3ccc(Cl)s3)c2C#N)cc(=O)n1Cc1ncccn1. The smallest absolute Gasteiger partial charge is 0.283 e. The molecular formula is C28H22ClFN8O2S. The number of benzene rings is 1. The van der Waals surface area contributed by atoms with Crippen molar-refractivity contribution >= 4 is 40.5 Å². The lowest BCUT2D eigenvalue weighted by Gasteiger charge is -2.19. The number of thiophene rings is 1. The van der Waals surface area contributed by atoms with Crippen LogP contribution in [0, 0.1) is 17.1 Å². The van der Waals surface area contributed by atoms with Gasteiger partial charge in [-0.3, -0.25) is 14.2 Å². The second kappa shape index (κ2) is 11.7. The molecule has 0 radical (unpaired) electrons. The Labute approximate surface area is 242 Å². The van der Waals surface area contributed by atoms with Crippen LogP contribution in [0.15, 0.2) is 71.8 Å². The van der Waals surface area contributed by atoms with Crippen molar-refractivity contribution in [2.24, 2.45) is 0 Å². The van der Waals surface area contributed by atoms with Gasteiger partial charge in [0.25, 0.3) is 11.5 Å². The molecule has 0 unspecified atom stereocenters. The largest absolute Gasteiger partial charge is 0.364 e. The number of nitrogens with one attached hydrogen (secondary N) is 1. The summed E-state index contributed by atoms with van der Waals surface area (Å²) in [7, 11) is 3.54. The lowest BCUT2D eigenvalue weighted by atomic mass is 10.1. The Morgan fingerprint density at radius 2 is 1.90 bits per heavy atom. The molecule has 0 aliphatic carbocycles. The number of hydrogen-bond acceptors (Lipinski definition) is 9. The van der Waals surface area contributed by atoms with E-state index in [-0.39, 0.29) is 41.3 Å². The Balaban J connectivity index is 1.65. The molecule has 10 nitrogen and oxygen atoms in total. The molecule has 5 aromatic rings. The molecule has 0 saturated heterocycles. The topological polar surface area (TPSA) is 122 Å². The molecule has 0 spiro atoms. The minimum atomic E-state index is -0.778. The predicted molar refractivity (Wildman–Crippen MR) is 155 cm³/mol. The normalized spacial score (nSPS) is 10.8. The molecule has 4 heterocycles. The van der Waals surface area contributed by atoms with Gasteiger partial charge >= 0.3 is 0 Å². The lowest BCUT2D eigenvalue weighted by Crippen LogP contribution is -2.27. The first-order valence-electron chi connectivity index (χ1n) is 12.3. The molecule has 0 amide bonds. The minimum absolute atomic E-state index is 0.0191. The Bertz CT molecular complexity index is 1840. The summed E-state index contributed by atoms with van der Waals surface area (Å²) in [6.07, 6.45) is 3.18. The van der Waals surface area contributed by atoms with Gasteiger partial charge in [0.1, 0.15) is 34.8 Å². The summed E-state index contributed by atoms with van der Waals surface area (Å²) >= 11 is 7.40. The Morgan fingerprint density at radius 1 is 1.15 bits per heavy atom. The van der Waals surface area contributed by atoms with Crippen LogP contribution in [0.4, 0.5) is 16.0 Å². The van der Waals surface area contributed by atoms with Gasteiger partial charge in [-0.1, -0.05) is 23.7 Å². The number of halogens is 2. The lowest BCUT2D eigenvalue weighted by molar-refractivity contribution is 0.0944. The van der Waals surface area contributed by atoms with E-state index < -0.39 is 11.7 Å². The highest BCUT2D eigenvalue weighted by Crippen LogP contribution is 2.32. The zero-order valence-corrected chi connectivity index (χ0v) is 23.4. The van der Waals surface area contributed by atoms with Gasteiger partial charge in [-0.05, 0) is 36.4 Å². The van der Waals surface area contributed by atoms with Gasteiger partial charge in [-0.15, -0.1) is 11.3 Å². The maximum Gasteiger partial charge on any atom is 0.283 e. The number of nitrogens with zero attached hydrogens (tertiary/aromatic N) is 7. The molecule has 0 aliphatic rings. The van der Waals surface area contributed by atoms with E-state index in [0.29, 0.717) is 21.5 Å². The van der Waals surface area contributed by atoms with Gasteiger partial charge in [0.05, 0.1) is 23.0 Å². The summed E-state index contributed by atoms with van der Waals surface area (Å²) in [6, 6.07) is 15.9. The molecule has 41 heavy (non-hydrogen) atoms. The summed E-state index contributed by atoms with van der Waals surface area (Å²) < 4.78 is 17.7. The average Bonchev–Trinajstić information content (AvgIpc) is 3.55. The van der Waals surface area contributed by atoms with Gasteiger partial charge in [0.15, 0.2) is 5.82 Å². The van der Waals surface area contributed by atoms with Crippen LogP contribution in [-0.4, -0.2) is 44.3 Å². The van der Waals surface area contributed by atoms with Crippen molar-refractivity contribution in [1.29, 1.82) is 5.26 Å². The quantitative estimate of drug-likeness (QED) is 0.278. The number of carbonyl (C=O) groups is 1. The average molecular weight is 589 g/mol. The van der Waals surface area contributed by atoms with Crippen LogP contribution in [0.3, 0.4) is 0 Å². The monoisotopic (exact) mass is 588 g/mol. The Kier molecular flexibility index (Phi) is 7.91. The van der Waals surface area contributed by atoms with E-state index in [1.54, 1.807) is 49.6 Å². The van der Waals surface area contributed by atoms with Crippen LogP contribution >= 0.6 is 22.9 Å². The molecule has 0 bridgehead atoms. The highest BCUT2D eigenvalue weighted by Gasteiger charge is 2.26. The number of carbonyl (C=O) groups excluding carboxylic acids is 1. The van der Waals surface area contributed by atoms with E-state index in [1.165, 1.54) is 46.2 Å². The van der Waals surface area contributed by atoms with Crippen LogP contribution in [0.5, 0.6) is 0 Å². The fourth-order valence-electron chi connectivity index (χ4n) is 4.20. The second-order valence-corrected chi connectivity index (χ2v) is 10.8. The van der Waals surface area contributed by atoms with Crippen molar-refractivity contribution in [3.63, 3.8) is 0 Å². The van der Waals surface area contributed by atoms with Gasteiger partial charge in [0.2, 0.25) is 0 Å². The third kappa shape index (κ3) is 5.72. The first-order valence-corrected chi connectivity index (χ1v) is 13.4. The van der Waals surface area contributed by atoms with Crippen molar-refractivity contribution in [3.8, 4) is 17.3 Å². The van der Waals surface area contributed by atoms with E-state index >= 15 is 0 Å². The number of hydrogen-bond donors (Lipinski definition) is 1. The van der Waals surface area contributed by atoms with Crippen molar-refractivity contribution in [2.75, 3.05) is 24.3 Å². The molecule has 1 aromatic carbocycles. The third-order valence-electron chi connectivity index (χ3n) is 6.11. The fraction of sp³-hybridized carbons (Fsp3) is 0.143. The molecule has 5 rings (SSSR count). The van der Waals surface area contributed by atoms with Gasteiger partial charge < -0.3 is 10.2 Å². The van der Waals surface area contributed by atoms with E-state index in [2.05, 4.69) is 26.5 Å². The zero-order chi connectivity index (χ0) is 29.1. The van der Waals surface area contributed by atoms with E-state index in [0.717, 1.165) is 9.56 Å². The number of aromatic nitrogens is 5. The number of rotatable bonds is 8. The van der Waals surface area contributed by atoms with Crippen LogP contribution in [0.2, 0.25) is 4.34 Å². The molecule has 4 aromatic heterocycles. The number of nitriles is 1. The Morgan fingerprint density at radius 3 is 2.56 bits per heavy atom. The summed E-state index contributed by atoms with van der Waals surface area (Å²) in [4.78, 5) is 37.9. The minimum Gasteiger partial charge on any atom is -0.364 e. The molecule has 1 N–H and O–H groups in total. The van der Waals surface area contributed by atoms with Crippen molar-refractivity contribution in [1.82, 2.24) is 24.3 Å². The maximum absolute atomic E-state index is 14.6. The standard InChI is InChI=1S/C28H22ClFN8O2S/c1-36(2)24-12-17(13-25(39)37(24)16-23-32-10-5-11-33-23)26-20(14-31)27(34-15-18-8-9-22(29)41-18)38(35-26)28(40)19-6-3-4-7-21(19)30/h3-13,34H,15-16H2,1-2H3. The van der Waals surface area contributed by atoms with Crippen LogP contribution < -0.4 is 15.8 Å². The molecular weight excluding hydrogens is 567 g/mol. The van der Waals surface area contributed by atoms with E-state index in [1.807, 2.05) is 6.07 Å². The van der Waals surface area contributed by atoms with Crippen molar-refractivity contribution < 1.29 is 9.18 Å². The summed E-state index contributed by atoms with van der Waals surface area (Å²) in [5, 5.41) is 17.8. The van der Waals surface area contributed by atoms with Crippen LogP contribution in [0.25, 0.3) is 11.3 Å².